The van der Waals surface area contributed by atoms with Gasteiger partial charge >= 0.3 is 0 Å². The maximum absolute atomic E-state index is 13.8. The molecule has 0 spiro atoms. The van der Waals surface area contributed by atoms with Crippen LogP contribution in [-0.4, -0.2) is 41.0 Å². The molecule has 29 heavy (non-hydrogen) atoms. The molecule has 0 aliphatic heterocycles. The first-order chi connectivity index (χ1) is 14.0. The van der Waals surface area contributed by atoms with E-state index in [0.717, 1.165) is 11.8 Å². The number of nitrogens with zero attached hydrogens (tertiary/aromatic N) is 2. The second kappa shape index (κ2) is 9.67. The van der Waals surface area contributed by atoms with Crippen molar-refractivity contribution in [2.24, 2.45) is 0 Å². The molecule has 0 radical (unpaired) electrons. The van der Waals surface area contributed by atoms with E-state index in [9.17, 15) is 14.0 Å². The number of rotatable bonds is 8. The van der Waals surface area contributed by atoms with Crippen molar-refractivity contribution >= 4 is 28.6 Å². The molecule has 6 nitrogen and oxygen atoms in total. The summed E-state index contributed by atoms with van der Waals surface area (Å²) in [6, 6.07) is 12.7. The van der Waals surface area contributed by atoms with Crippen molar-refractivity contribution in [1.29, 1.82) is 0 Å². The lowest BCUT2D eigenvalue weighted by molar-refractivity contribution is -0.120. The first kappa shape index (κ1) is 21.0. The molecule has 0 aliphatic rings. The maximum atomic E-state index is 13.8. The number of carbonyl (C=O) groups excluding carboxylic acids is 1. The highest BCUT2D eigenvalue weighted by Crippen LogP contribution is 2.25. The average Bonchev–Trinajstić information content (AvgIpc) is 2.71. The van der Waals surface area contributed by atoms with E-state index < -0.39 is 11.1 Å². The monoisotopic (exact) mass is 415 g/mol. The van der Waals surface area contributed by atoms with Crippen LogP contribution in [0.15, 0.2) is 58.5 Å². The number of para-hydroxylation sites is 1. The summed E-state index contributed by atoms with van der Waals surface area (Å²) in [5.41, 5.74) is 0.584. The Labute approximate surface area is 172 Å². The van der Waals surface area contributed by atoms with E-state index in [1.54, 1.807) is 44.4 Å². The van der Waals surface area contributed by atoms with Crippen LogP contribution in [0.25, 0.3) is 16.6 Å². The van der Waals surface area contributed by atoms with Gasteiger partial charge in [0.15, 0.2) is 5.16 Å². The Hall–Kier alpha value is -2.71. The molecule has 0 saturated heterocycles. The fraction of sp³-hybridized carbons (Fsp3) is 0.286. The van der Waals surface area contributed by atoms with E-state index in [4.69, 9.17) is 4.74 Å². The van der Waals surface area contributed by atoms with Gasteiger partial charge in [-0.15, -0.1) is 0 Å². The average molecular weight is 415 g/mol. The maximum Gasteiger partial charge on any atom is 0.266 e. The fourth-order valence-corrected chi connectivity index (χ4v) is 3.77. The zero-order valence-corrected chi connectivity index (χ0v) is 17.0. The lowest BCUT2D eigenvalue weighted by Crippen LogP contribution is -2.33. The summed E-state index contributed by atoms with van der Waals surface area (Å²) in [4.78, 5) is 30.1. The minimum Gasteiger partial charge on any atom is -0.385 e. The van der Waals surface area contributed by atoms with Crippen LogP contribution in [0.5, 0.6) is 0 Å². The number of thioether (sulfide) groups is 1. The molecular weight excluding hydrogens is 393 g/mol. The van der Waals surface area contributed by atoms with Crippen molar-refractivity contribution in [3.05, 3.63) is 64.7 Å². The van der Waals surface area contributed by atoms with Gasteiger partial charge in [0.1, 0.15) is 5.82 Å². The molecule has 2 aromatic carbocycles. The van der Waals surface area contributed by atoms with Crippen LogP contribution < -0.4 is 10.9 Å². The van der Waals surface area contributed by atoms with Crippen LogP contribution in [0.3, 0.4) is 0 Å². The SMILES string of the molecule is COCCCNC(=O)C(C)Sc1nc2ccccc2c(=O)n1-c1cccc(F)c1. The smallest absolute Gasteiger partial charge is 0.266 e. The summed E-state index contributed by atoms with van der Waals surface area (Å²) in [6.45, 7) is 2.81. The fourth-order valence-electron chi connectivity index (χ4n) is 2.82. The van der Waals surface area contributed by atoms with Gasteiger partial charge in [-0.3, -0.25) is 14.2 Å². The first-order valence-corrected chi connectivity index (χ1v) is 10.1. The molecule has 152 valence electrons. The predicted molar refractivity (Wildman–Crippen MR) is 112 cm³/mol. The normalized spacial score (nSPS) is 12.1. The number of carbonyl (C=O) groups is 1. The molecule has 1 atom stereocenters. The lowest BCUT2D eigenvalue weighted by Gasteiger charge is -2.16. The Morgan fingerprint density at radius 2 is 2.07 bits per heavy atom. The third-order valence-corrected chi connectivity index (χ3v) is 5.34. The second-order valence-electron chi connectivity index (χ2n) is 6.43. The number of halogens is 1. The van der Waals surface area contributed by atoms with E-state index in [1.807, 2.05) is 0 Å². The van der Waals surface area contributed by atoms with Gasteiger partial charge in [-0.05, 0) is 43.7 Å². The molecule has 0 aliphatic carbocycles. The number of ether oxygens (including phenoxy) is 1. The summed E-state index contributed by atoms with van der Waals surface area (Å²) in [5.74, 6) is -0.623. The van der Waals surface area contributed by atoms with Gasteiger partial charge in [0.05, 0.1) is 21.8 Å². The summed E-state index contributed by atoms with van der Waals surface area (Å²) in [6.07, 6.45) is 0.710. The molecule has 1 N–H and O–H groups in total. The third kappa shape index (κ3) is 5.02. The van der Waals surface area contributed by atoms with Crippen LogP contribution in [0.1, 0.15) is 13.3 Å². The number of hydrogen-bond donors (Lipinski definition) is 1. The van der Waals surface area contributed by atoms with E-state index in [1.165, 1.54) is 22.8 Å². The minimum atomic E-state index is -0.495. The van der Waals surface area contributed by atoms with Crippen LogP contribution in [0.4, 0.5) is 4.39 Å². The molecule has 8 heteroatoms. The molecular formula is C21H22FN3O3S. The summed E-state index contributed by atoms with van der Waals surface area (Å²) in [7, 11) is 1.61. The van der Waals surface area contributed by atoms with Gasteiger partial charge in [-0.25, -0.2) is 9.37 Å². The quantitative estimate of drug-likeness (QED) is 0.348. The highest BCUT2D eigenvalue weighted by Gasteiger charge is 2.20. The molecule has 3 aromatic rings. The molecule has 1 heterocycles. The van der Waals surface area contributed by atoms with Crippen molar-refractivity contribution in [3.63, 3.8) is 0 Å². The third-order valence-electron chi connectivity index (χ3n) is 4.29. The van der Waals surface area contributed by atoms with Gasteiger partial charge < -0.3 is 10.1 Å². The van der Waals surface area contributed by atoms with Crippen LogP contribution in [-0.2, 0) is 9.53 Å². The summed E-state index contributed by atoms with van der Waals surface area (Å²) >= 11 is 1.16. The topological polar surface area (TPSA) is 73.2 Å². The number of nitrogens with one attached hydrogen (secondary N) is 1. The number of aromatic nitrogens is 2. The van der Waals surface area contributed by atoms with Crippen molar-refractivity contribution < 1.29 is 13.9 Å². The van der Waals surface area contributed by atoms with Gasteiger partial charge in [-0.2, -0.15) is 0 Å². The number of methoxy groups -OCH3 is 1. The van der Waals surface area contributed by atoms with Gasteiger partial charge in [0.2, 0.25) is 5.91 Å². The molecule has 1 amide bonds. The van der Waals surface area contributed by atoms with E-state index in [-0.39, 0.29) is 11.5 Å². The standard InChI is InChI=1S/C21H22FN3O3S/c1-14(19(26)23-11-6-12-28-2)29-21-24-18-10-4-3-9-17(18)20(27)25(21)16-8-5-7-15(22)13-16/h3-5,7-10,13-14H,6,11-12H2,1-2H3,(H,23,26). The van der Waals surface area contributed by atoms with Gasteiger partial charge in [-0.1, -0.05) is 30.0 Å². The van der Waals surface area contributed by atoms with Crippen LogP contribution >= 0.6 is 11.8 Å². The molecule has 1 unspecified atom stereocenters. The molecule has 3 rings (SSSR count). The van der Waals surface area contributed by atoms with Crippen molar-refractivity contribution in [2.45, 2.75) is 23.8 Å². The summed E-state index contributed by atoms with van der Waals surface area (Å²) < 4.78 is 20.1. The van der Waals surface area contributed by atoms with Crippen molar-refractivity contribution in [1.82, 2.24) is 14.9 Å². The molecule has 1 aromatic heterocycles. The predicted octanol–water partition coefficient (Wildman–Crippen LogP) is 3.16. The zero-order valence-electron chi connectivity index (χ0n) is 16.2. The lowest BCUT2D eigenvalue weighted by atomic mass is 10.2. The molecule has 0 bridgehead atoms. The number of benzene rings is 2. The van der Waals surface area contributed by atoms with Crippen molar-refractivity contribution in [2.75, 3.05) is 20.3 Å². The highest BCUT2D eigenvalue weighted by molar-refractivity contribution is 8.00. The Morgan fingerprint density at radius 1 is 1.28 bits per heavy atom. The highest BCUT2D eigenvalue weighted by atomic mass is 32.2. The van der Waals surface area contributed by atoms with Crippen molar-refractivity contribution in [3.8, 4) is 5.69 Å². The number of fused-ring (bicyclic) bond motifs is 1. The van der Waals surface area contributed by atoms with E-state index in [2.05, 4.69) is 10.3 Å². The van der Waals surface area contributed by atoms with E-state index >= 15 is 0 Å². The summed E-state index contributed by atoms with van der Waals surface area (Å²) in [5, 5.41) is 3.11. The zero-order chi connectivity index (χ0) is 20.8. The Kier molecular flexibility index (Phi) is 7.00. The number of hydrogen-bond acceptors (Lipinski definition) is 5. The molecule has 0 fully saturated rings. The minimum absolute atomic E-state index is 0.167. The molecule has 0 saturated carbocycles. The largest absolute Gasteiger partial charge is 0.385 e. The second-order valence-corrected chi connectivity index (χ2v) is 7.74. The van der Waals surface area contributed by atoms with Gasteiger partial charge in [0.25, 0.3) is 5.56 Å². The Balaban J connectivity index is 1.97. The Bertz CT molecular complexity index is 1070. The van der Waals surface area contributed by atoms with Crippen LogP contribution in [0.2, 0.25) is 0 Å². The van der Waals surface area contributed by atoms with Gasteiger partial charge in [0, 0.05) is 20.3 Å². The Morgan fingerprint density at radius 3 is 2.83 bits per heavy atom. The van der Waals surface area contributed by atoms with E-state index in [0.29, 0.717) is 41.3 Å². The van der Waals surface area contributed by atoms with Crippen LogP contribution in [0, 0.1) is 5.82 Å². The first-order valence-electron chi connectivity index (χ1n) is 9.22. The number of amides is 1.